The number of rotatable bonds is 4. The summed E-state index contributed by atoms with van der Waals surface area (Å²) in [5.41, 5.74) is 6.03. The SMILES string of the molecule is NC(CNC(=O)c1cc(=O)[nH]c2cc(F)ccc12)C1CC1. The zero-order valence-electron chi connectivity index (χ0n) is 11.4. The number of carbonyl (C=O) groups excluding carboxylic acids is 1. The number of halogens is 1. The Balaban J connectivity index is 1.87. The summed E-state index contributed by atoms with van der Waals surface area (Å²) < 4.78 is 13.2. The summed E-state index contributed by atoms with van der Waals surface area (Å²) in [5.74, 6) is -0.351. The van der Waals surface area contributed by atoms with Crippen molar-refractivity contribution in [2.75, 3.05) is 6.54 Å². The van der Waals surface area contributed by atoms with Gasteiger partial charge in [0, 0.05) is 24.0 Å². The molecule has 0 bridgehead atoms. The normalized spacial score (nSPS) is 15.9. The number of pyridine rings is 1. The number of nitrogens with one attached hydrogen (secondary N) is 2. The number of aromatic nitrogens is 1. The van der Waals surface area contributed by atoms with Crippen LogP contribution in [0.5, 0.6) is 0 Å². The van der Waals surface area contributed by atoms with Crippen molar-refractivity contribution >= 4 is 16.8 Å². The molecule has 6 heteroatoms. The van der Waals surface area contributed by atoms with Gasteiger partial charge >= 0.3 is 0 Å². The maximum absolute atomic E-state index is 13.2. The zero-order valence-corrected chi connectivity index (χ0v) is 11.4. The molecule has 110 valence electrons. The summed E-state index contributed by atoms with van der Waals surface area (Å²) in [4.78, 5) is 26.3. The number of carbonyl (C=O) groups is 1. The smallest absolute Gasteiger partial charge is 0.252 e. The van der Waals surface area contributed by atoms with Crippen molar-refractivity contribution < 1.29 is 9.18 Å². The van der Waals surface area contributed by atoms with Gasteiger partial charge in [-0.3, -0.25) is 9.59 Å². The van der Waals surface area contributed by atoms with Crippen molar-refractivity contribution in [2.45, 2.75) is 18.9 Å². The largest absolute Gasteiger partial charge is 0.350 e. The average Bonchev–Trinajstić information content (AvgIpc) is 3.27. The summed E-state index contributed by atoms with van der Waals surface area (Å²) in [6, 6.07) is 5.10. The topological polar surface area (TPSA) is 88.0 Å². The van der Waals surface area contributed by atoms with Crippen LogP contribution in [0.1, 0.15) is 23.2 Å². The van der Waals surface area contributed by atoms with E-state index in [9.17, 15) is 14.0 Å². The van der Waals surface area contributed by atoms with Crippen LogP contribution in [0.25, 0.3) is 10.9 Å². The Morgan fingerprint density at radius 1 is 1.43 bits per heavy atom. The molecular weight excluding hydrogens is 273 g/mol. The molecule has 1 unspecified atom stereocenters. The van der Waals surface area contributed by atoms with Gasteiger partial charge in [-0.25, -0.2) is 4.39 Å². The first-order chi connectivity index (χ1) is 10.0. The molecule has 0 radical (unpaired) electrons. The summed E-state index contributed by atoms with van der Waals surface area (Å²) in [5, 5.41) is 3.25. The third-order valence-corrected chi connectivity index (χ3v) is 3.78. The first-order valence-corrected chi connectivity index (χ1v) is 6.91. The van der Waals surface area contributed by atoms with Crippen LogP contribution >= 0.6 is 0 Å². The Hall–Kier alpha value is -2.21. The molecule has 1 heterocycles. The molecule has 0 spiro atoms. The van der Waals surface area contributed by atoms with Crippen LogP contribution in [0, 0.1) is 11.7 Å². The Labute approximate surface area is 120 Å². The molecular formula is C15H16FN3O2. The Kier molecular flexibility index (Phi) is 3.47. The van der Waals surface area contributed by atoms with Crippen molar-refractivity contribution in [2.24, 2.45) is 11.7 Å². The van der Waals surface area contributed by atoms with Gasteiger partial charge in [-0.05, 0) is 37.0 Å². The first-order valence-electron chi connectivity index (χ1n) is 6.91. The fourth-order valence-electron chi connectivity index (χ4n) is 2.42. The number of aromatic amines is 1. The van der Waals surface area contributed by atoms with Crippen molar-refractivity contribution in [1.29, 1.82) is 0 Å². The second kappa shape index (κ2) is 5.29. The van der Waals surface area contributed by atoms with Crippen LogP contribution in [0.2, 0.25) is 0 Å². The van der Waals surface area contributed by atoms with E-state index in [0.29, 0.717) is 23.4 Å². The predicted octanol–water partition coefficient (Wildman–Crippen LogP) is 1.13. The molecule has 1 saturated carbocycles. The minimum atomic E-state index is -0.466. The van der Waals surface area contributed by atoms with E-state index >= 15 is 0 Å². The molecule has 1 aliphatic carbocycles. The minimum Gasteiger partial charge on any atom is -0.350 e. The molecule has 21 heavy (non-hydrogen) atoms. The summed E-state index contributed by atoms with van der Waals surface area (Å²) >= 11 is 0. The third-order valence-electron chi connectivity index (χ3n) is 3.78. The van der Waals surface area contributed by atoms with E-state index in [1.54, 1.807) is 0 Å². The van der Waals surface area contributed by atoms with Crippen molar-refractivity contribution in [1.82, 2.24) is 10.3 Å². The minimum absolute atomic E-state index is 0.0559. The predicted molar refractivity (Wildman–Crippen MR) is 77.6 cm³/mol. The van der Waals surface area contributed by atoms with E-state index in [1.807, 2.05) is 0 Å². The molecule has 1 aliphatic rings. The van der Waals surface area contributed by atoms with Gasteiger partial charge in [-0.1, -0.05) is 0 Å². The molecule has 2 aromatic rings. The average molecular weight is 289 g/mol. The van der Waals surface area contributed by atoms with Gasteiger partial charge in [0.05, 0.1) is 11.1 Å². The highest BCUT2D eigenvalue weighted by Gasteiger charge is 2.28. The monoisotopic (exact) mass is 289 g/mol. The zero-order chi connectivity index (χ0) is 15.0. The number of hydrogen-bond donors (Lipinski definition) is 3. The fourth-order valence-corrected chi connectivity index (χ4v) is 2.42. The molecule has 1 atom stereocenters. The quantitative estimate of drug-likeness (QED) is 0.788. The Morgan fingerprint density at radius 2 is 2.19 bits per heavy atom. The molecule has 1 fully saturated rings. The number of nitrogens with two attached hydrogens (primary N) is 1. The third kappa shape index (κ3) is 2.95. The number of hydrogen-bond acceptors (Lipinski definition) is 3. The Morgan fingerprint density at radius 3 is 2.90 bits per heavy atom. The lowest BCUT2D eigenvalue weighted by Crippen LogP contribution is -2.38. The second-order valence-corrected chi connectivity index (χ2v) is 5.45. The first kappa shape index (κ1) is 13.8. The van der Waals surface area contributed by atoms with E-state index in [-0.39, 0.29) is 17.5 Å². The fraction of sp³-hybridized carbons (Fsp3) is 0.333. The van der Waals surface area contributed by atoms with Crippen LogP contribution in [-0.4, -0.2) is 23.5 Å². The van der Waals surface area contributed by atoms with Crippen LogP contribution < -0.4 is 16.6 Å². The Bertz CT molecular complexity index is 752. The summed E-state index contributed by atoms with van der Waals surface area (Å²) in [7, 11) is 0. The molecule has 4 N–H and O–H groups in total. The second-order valence-electron chi connectivity index (χ2n) is 5.45. The molecule has 0 aliphatic heterocycles. The molecule has 1 amide bonds. The molecule has 1 aromatic heterocycles. The lowest BCUT2D eigenvalue weighted by atomic mass is 10.1. The van der Waals surface area contributed by atoms with Crippen molar-refractivity contribution in [3.05, 3.63) is 46.0 Å². The highest BCUT2D eigenvalue weighted by Crippen LogP contribution is 2.31. The van der Waals surface area contributed by atoms with E-state index < -0.39 is 11.4 Å². The van der Waals surface area contributed by atoms with E-state index in [1.165, 1.54) is 24.3 Å². The number of amides is 1. The summed E-state index contributed by atoms with van der Waals surface area (Å²) in [6.07, 6.45) is 2.20. The van der Waals surface area contributed by atoms with Gasteiger partial charge in [-0.15, -0.1) is 0 Å². The van der Waals surface area contributed by atoms with E-state index in [2.05, 4.69) is 10.3 Å². The van der Waals surface area contributed by atoms with Gasteiger partial charge in [0.1, 0.15) is 5.82 Å². The highest BCUT2D eigenvalue weighted by molar-refractivity contribution is 6.05. The van der Waals surface area contributed by atoms with Crippen LogP contribution in [0.15, 0.2) is 29.1 Å². The van der Waals surface area contributed by atoms with Crippen molar-refractivity contribution in [3.63, 3.8) is 0 Å². The maximum Gasteiger partial charge on any atom is 0.252 e. The van der Waals surface area contributed by atoms with Gasteiger partial charge in [0.15, 0.2) is 0 Å². The lowest BCUT2D eigenvalue weighted by molar-refractivity contribution is 0.0951. The number of H-pyrrole nitrogens is 1. The molecule has 1 aromatic carbocycles. The van der Waals surface area contributed by atoms with Crippen LogP contribution in [0.4, 0.5) is 4.39 Å². The van der Waals surface area contributed by atoms with Gasteiger partial charge in [0.25, 0.3) is 5.91 Å². The number of benzene rings is 1. The molecule has 3 rings (SSSR count). The molecule has 5 nitrogen and oxygen atoms in total. The highest BCUT2D eigenvalue weighted by atomic mass is 19.1. The van der Waals surface area contributed by atoms with Crippen LogP contribution in [-0.2, 0) is 0 Å². The summed E-state index contributed by atoms with van der Waals surface area (Å²) in [6.45, 7) is 0.374. The maximum atomic E-state index is 13.2. The molecule has 0 saturated heterocycles. The van der Waals surface area contributed by atoms with Gasteiger partial charge in [-0.2, -0.15) is 0 Å². The van der Waals surface area contributed by atoms with E-state index in [4.69, 9.17) is 5.73 Å². The van der Waals surface area contributed by atoms with Crippen molar-refractivity contribution in [3.8, 4) is 0 Å². The van der Waals surface area contributed by atoms with Gasteiger partial charge in [0.2, 0.25) is 5.56 Å². The standard InChI is InChI=1S/C15H16FN3O2/c16-9-3-4-10-11(6-14(20)19-13(10)5-9)15(21)18-7-12(17)8-1-2-8/h3-6,8,12H,1-2,7,17H2,(H,18,21)(H,19,20). The van der Waals surface area contributed by atoms with Crippen LogP contribution in [0.3, 0.4) is 0 Å². The number of fused-ring (bicyclic) bond motifs is 1. The van der Waals surface area contributed by atoms with Gasteiger partial charge < -0.3 is 16.0 Å². The van der Waals surface area contributed by atoms with E-state index in [0.717, 1.165) is 12.8 Å². The lowest BCUT2D eigenvalue weighted by Gasteiger charge is -2.12.